The van der Waals surface area contributed by atoms with Gasteiger partial charge in [-0.3, -0.25) is 9.29 Å². The standard InChI is InChI=1S/C13H11FN4O2S/c1-18(12-5-6-17-8-11(12)16)21(19,20)13-4-2-3-10(14)9(13)7-15/h2-6,8H,16H2,1H3. The van der Waals surface area contributed by atoms with Crippen LogP contribution in [0.3, 0.4) is 0 Å². The number of rotatable bonds is 3. The van der Waals surface area contributed by atoms with Crippen molar-refractivity contribution in [3.05, 3.63) is 48.0 Å². The van der Waals surface area contributed by atoms with E-state index in [2.05, 4.69) is 4.98 Å². The molecular formula is C13H11FN4O2S. The first-order chi connectivity index (χ1) is 9.89. The van der Waals surface area contributed by atoms with Crippen molar-refractivity contribution in [2.45, 2.75) is 4.90 Å². The normalized spacial score (nSPS) is 10.9. The molecule has 0 bridgehead atoms. The quantitative estimate of drug-likeness (QED) is 0.926. The van der Waals surface area contributed by atoms with Gasteiger partial charge in [-0.15, -0.1) is 0 Å². The molecule has 0 unspecified atom stereocenters. The van der Waals surface area contributed by atoms with E-state index in [1.807, 2.05) is 0 Å². The molecule has 0 fully saturated rings. The van der Waals surface area contributed by atoms with Gasteiger partial charge in [0, 0.05) is 13.2 Å². The van der Waals surface area contributed by atoms with E-state index in [-0.39, 0.29) is 11.4 Å². The number of hydrogen-bond acceptors (Lipinski definition) is 5. The van der Waals surface area contributed by atoms with Crippen molar-refractivity contribution in [2.24, 2.45) is 0 Å². The smallest absolute Gasteiger partial charge is 0.265 e. The first-order valence-corrected chi connectivity index (χ1v) is 7.20. The lowest BCUT2D eigenvalue weighted by atomic mass is 10.2. The Morgan fingerprint density at radius 2 is 2.10 bits per heavy atom. The molecule has 0 radical (unpaired) electrons. The van der Waals surface area contributed by atoms with Crippen LogP contribution >= 0.6 is 0 Å². The Morgan fingerprint density at radius 1 is 1.38 bits per heavy atom. The summed E-state index contributed by atoms with van der Waals surface area (Å²) in [4.78, 5) is 3.36. The van der Waals surface area contributed by atoms with Crippen LogP contribution in [0.25, 0.3) is 0 Å². The predicted molar refractivity (Wildman–Crippen MR) is 75.4 cm³/mol. The van der Waals surface area contributed by atoms with Crippen LogP contribution in [0.1, 0.15) is 5.56 Å². The molecule has 0 aliphatic heterocycles. The van der Waals surface area contributed by atoms with Gasteiger partial charge in [0.05, 0.1) is 17.6 Å². The number of nitriles is 1. The van der Waals surface area contributed by atoms with Crippen LogP contribution in [0.4, 0.5) is 15.8 Å². The summed E-state index contributed by atoms with van der Waals surface area (Å²) in [5.74, 6) is -0.894. The molecule has 2 aromatic rings. The third-order valence-corrected chi connectivity index (χ3v) is 4.71. The van der Waals surface area contributed by atoms with Crippen LogP contribution in [0.5, 0.6) is 0 Å². The molecule has 2 rings (SSSR count). The Labute approximate surface area is 121 Å². The van der Waals surface area contributed by atoms with Crippen LogP contribution in [0, 0.1) is 17.1 Å². The highest BCUT2D eigenvalue weighted by molar-refractivity contribution is 7.92. The SMILES string of the molecule is CN(c1ccncc1N)S(=O)(=O)c1cccc(F)c1C#N. The minimum atomic E-state index is -4.12. The Kier molecular flexibility index (Phi) is 3.78. The van der Waals surface area contributed by atoms with Crippen molar-refractivity contribution in [3.63, 3.8) is 0 Å². The molecule has 1 aromatic heterocycles. The van der Waals surface area contributed by atoms with Gasteiger partial charge >= 0.3 is 0 Å². The first kappa shape index (κ1) is 14.7. The molecule has 0 aliphatic carbocycles. The van der Waals surface area contributed by atoms with Crippen molar-refractivity contribution in [1.82, 2.24) is 4.98 Å². The topological polar surface area (TPSA) is 100 Å². The molecule has 0 amide bonds. The number of aromatic nitrogens is 1. The molecule has 0 spiro atoms. The highest BCUT2D eigenvalue weighted by Gasteiger charge is 2.27. The van der Waals surface area contributed by atoms with Gasteiger partial charge < -0.3 is 5.73 Å². The van der Waals surface area contributed by atoms with E-state index in [9.17, 15) is 12.8 Å². The lowest BCUT2D eigenvalue weighted by Crippen LogP contribution is -2.28. The Balaban J connectivity index is 2.62. The zero-order chi connectivity index (χ0) is 15.6. The van der Waals surface area contributed by atoms with Gasteiger partial charge in [-0.2, -0.15) is 5.26 Å². The van der Waals surface area contributed by atoms with E-state index >= 15 is 0 Å². The van der Waals surface area contributed by atoms with Crippen molar-refractivity contribution < 1.29 is 12.8 Å². The van der Waals surface area contributed by atoms with Crippen molar-refractivity contribution in [1.29, 1.82) is 5.26 Å². The van der Waals surface area contributed by atoms with E-state index in [1.54, 1.807) is 6.07 Å². The molecule has 21 heavy (non-hydrogen) atoms. The van der Waals surface area contributed by atoms with Gasteiger partial charge in [-0.25, -0.2) is 12.8 Å². The summed E-state index contributed by atoms with van der Waals surface area (Å²) in [5.41, 5.74) is 5.50. The Hall–Kier alpha value is -2.66. The predicted octanol–water partition coefficient (Wildman–Crippen LogP) is 1.50. The van der Waals surface area contributed by atoms with Gasteiger partial charge in [0.25, 0.3) is 10.0 Å². The Bertz CT molecular complexity index is 830. The molecule has 0 aliphatic rings. The molecule has 0 atom stereocenters. The third-order valence-electron chi connectivity index (χ3n) is 2.89. The fraction of sp³-hybridized carbons (Fsp3) is 0.0769. The second-order valence-corrected chi connectivity index (χ2v) is 6.07. The summed E-state index contributed by atoms with van der Waals surface area (Å²) in [5, 5.41) is 8.96. The van der Waals surface area contributed by atoms with E-state index in [4.69, 9.17) is 11.0 Å². The molecule has 0 saturated carbocycles. The molecule has 1 heterocycles. The molecule has 108 valence electrons. The van der Waals surface area contributed by atoms with E-state index in [1.165, 1.54) is 37.6 Å². The van der Waals surface area contributed by atoms with Gasteiger partial charge in [0.2, 0.25) is 0 Å². The fourth-order valence-corrected chi connectivity index (χ4v) is 3.16. The number of pyridine rings is 1. The van der Waals surface area contributed by atoms with Gasteiger partial charge in [0.15, 0.2) is 0 Å². The van der Waals surface area contributed by atoms with Crippen LogP contribution in [0.2, 0.25) is 0 Å². The fourth-order valence-electron chi connectivity index (χ4n) is 1.79. The van der Waals surface area contributed by atoms with Gasteiger partial charge in [-0.05, 0) is 18.2 Å². The number of nitrogen functional groups attached to an aromatic ring is 1. The monoisotopic (exact) mass is 306 g/mol. The summed E-state index contributed by atoms with van der Waals surface area (Å²) >= 11 is 0. The first-order valence-electron chi connectivity index (χ1n) is 5.76. The van der Waals surface area contributed by atoms with Crippen LogP contribution < -0.4 is 10.0 Å². The zero-order valence-corrected chi connectivity index (χ0v) is 11.8. The van der Waals surface area contributed by atoms with Crippen molar-refractivity contribution in [3.8, 4) is 6.07 Å². The third kappa shape index (κ3) is 2.51. The number of anilines is 2. The van der Waals surface area contributed by atoms with Crippen molar-refractivity contribution >= 4 is 21.4 Å². The van der Waals surface area contributed by atoms with E-state index < -0.39 is 26.3 Å². The van der Waals surface area contributed by atoms with Crippen LogP contribution in [-0.2, 0) is 10.0 Å². The Morgan fingerprint density at radius 3 is 2.71 bits per heavy atom. The summed E-state index contributed by atoms with van der Waals surface area (Å²) in [7, 11) is -2.85. The lowest BCUT2D eigenvalue weighted by molar-refractivity contribution is 0.588. The number of hydrogen-bond donors (Lipinski definition) is 1. The summed E-state index contributed by atoms with van der Waals surface area (Å²) < 4.78 is 39.6. The summed E-state index contributed by atoms with van der Waals surface area (Å²) in [6.07, 6.45) is 2.69. The molecule has 1 aromatic carbocycles. The van der Waals surface area contributed by atoms with E-state index in [0.717, 1.165) is 10.4 Å². The average molecular weight is 306 g/mol. The number of benzene rings is 1. The number of nitrogens with zero attached hydrogens (tertiary/aromatic N) is 3. The second-order valence-electron chi connectivity index (χ2n) is 4.13. The maximum Gasteiger partial charge on any atom is 0.265 e. The van der Waals surface area contributed by atoms with Crippen LogP contribution in [-0.4, -0.2) is 20.4 Å². The highest BCUT2D eigenvalue weighted by atomic mass is 32.2. The summed E-state index contributed by atoms with van der Waals surface area (Å²) in [6, 6.07) is 6.41. The number of nitrogens with two attached hydrogens (primary N) is 1. The zero-order valence-electron chi connectivity index (χ0n) is 11.0. The minimum Gasteiger partial charge on any atom is -0.396 e. The molecule has 8 heteroatoms. The average Bonchev–Trinajstić information content (AvgIpc) is 2.46. The largest absolute Gasteiger partial charge is 0.396 e. The van der Waals surface area contributed by atoms with Crippen LogP contribution in [0.15, 0.2) is 41.6 Å². The molecular weight excluding hydrogens is 295 g/mol. The minimum absolute atomic E-state index is 0.151. The lowest BCUT2D eigenvalue weighted by Gasteiger charge is -2.21. The van der Waals surface area contributed by atoms with Gasteiger partial charge in [-0.1, -0.05) is 6.07 Å². The molecule has 6 nitrogen and oxygen atoms in total. The number of sulfonamides is 1. The molecule has 2 N–H and O–H groups in total. The summed E-state index contributed by atoms with van der Waals surface area (Å²) in [6.45, 7) is 0. The second kappa shape index (κ2) is 5.38. The van der Waals surface area contributed by atoms with Gasteiger partial charge in [0.1, 0.15) is 22.3 Å². The van der Waals surface area contributed by atoms with E-state index in [0.29, 0.717) is 0 Å². The van der Waals surface area contributed by atoms with Crippen molar-refractivity contribution in [2.75, 3.05) is 17.1 Å². The maximum atomic E-state index is 13.6. The number of halogens is 1. The molecule has 0 saturated heterocycles. The highest BCUT2D eigenvalue weighted by Crippen LogP contribution is 2.28. The maximum absolute atomic E-state index is 13.6.